The van der Waals surface area contributed by atoms with Gasteiger partial charge in [0.15, 0.2) is 4.90 Å². The van der Waals surface area contributed by atoms with Gasteiger partial charge < -0.3 is 4.90 Å². The Morgan fingerprint density at radius 2 is 2.14 bits per heavy atom. The van der Waals surface area contributed by atoms with Gasteiger partial charge in [0.25, 0.3) is 5.69 Å². The summed E-state index contributed by atoms with van der Waals surface area (Å²) >= 11 is 5.84. The number of hydrogen-bond acceptors (Lipinski definition) is 5. The first-order valence-corrected chi connectivity index (χ1v) is 8.66. The smallest absolute Gasteiger partial charge is 0.289 e. The summed E-state index contributed by atoms with van der Waals surface area (Å²) in [5.41, 5.74) is -0.445. The number of halogens is 1. The molecule has 1 heterocycles. The van der Waals surface area contributed by atoms with E-state index >= 15 is 0 Å². The van der Waals surface area contributed by atoms with E-state index in [1.54, 1.807) is 0 Å². The van der Waals surface area contributed by atoms with Gasteiger partial charge in [-0.2, -0.15) is 4.31 Å². The molecule has 0 bridgehead atoms. The summed E-state index contributed by atoms with van der Waals surface area (Å²) in [6.07, 6.45) is 1.48. The van der Waals surface area contributed by atoms with Gasteiger partial charge in [-0.25, -0.2) is 8.42 Å². The zero-order chi connectivity index (χ0) is 16.5. The van der Waals surface area contributed by atoms with Crippen LogP contribution in [0.2, 0.25) is 5.02 Å². The van der Waals surface area contributed by atoms with Crippen LogP contribution in [-0.2, 0) is 10.0 Å². The average Bonchev–Trinajstić information content (AvgIpc) is 2.86. The van der Waals surface area contributed by atoms with Gasteiger partial charge in [0.2, 0.25) is 10.0 Å². The summed E-state index contributed by atoms with van der Waals surface area (Å²) in [7, 11) is -0.219. The van der Waals surface area contributed by atoms with Crippen molar-refractivity contribution in [2.24, 2.45) is 0 Å². The Bertz CT molecular complexity index is 678. The van der Waals surface area contributed by atoms with Gasteiger partial charge in [-0.3, -0.25) is 10.1 Å². The summed E-state index contributed by atoms with van der Waals surface area (Å²) in [5.74, 6) is 0. The van der Waals surface area contributed by atoms with Gasteiger partial charge in [-0.1, -0.05) is 11.6 Å². The highest BCUT2D eigenvalue weighted by Crippen LogP contribution is 2.33. The lowest BCUT2D eigenvalue weighted by atomic mass is 10.2. The van der Waals surface area contributed by atoms with Crippen LogP contribution in [0.4, 0.5) is 5.69 Å². The minimum atomic E-state index is -3.95. The average molecular weight is 348 g/mol. The Balaban J connectivity index is 2.46. The fourth-order valence-corrected chi connectivity index (χ4v) is 4.81. The molecule has 1 saturated heterocycles. The molecule has 0 saturated carbocycles. The number of nitro groups is 1. The molecule has 0 spiro atoms. The summed E-state index contributed by atoms with van der Waals surface area (Å²) in [6, 6.07) is 3.42. The third kappa shape index (κ3) is 3.40. The molecule has 0 radical (unpaired) electrons. The molecule has 2 rings (SSSR count). The fraction of sp³-hybridized carbons (Fsp3) is 0.538. The topological polar surface area (TPSA) is 83.8 Å². The molecule has 1 aliphatic heterocycles. The quantitative estimate of drug-likeness (QED) is 0.600. The molecule has 7 nitrogen and oxygen atoms in total. The molecule has 9 heteroatoms. The molecule has 1 aliphatic rings. The van der Waals surface area contributed by atoms with Crippen molar-refractivity contribution in [3.05, 3.63) is 33.3 Å². The van der Waals surface area contributed by atoms with Gasteiger partial charge in [0.1, 0.15) is 0 Å². The molecule has 0 aromatic heterocycles. The summed E-state index contributed by atoms with van der Waals surface area (Å²) < 4.78 is 27.0. The van der Waals surface area contributed by atoms with E-state index in [4.69, 9.17) is 11.6 Å². The van der Waals surface area contributed by atoms with Crippen molar-refractivity contribution in [2.75, 3.05) is 27.2 Å². The molecular weight excluding hydrogens is 330 g/mol. The second-order valence-corrected chi connectivity index (χ2v) is 7.84. The van der Waals surface area contributed by atoms with Crippen LogP contribution in [0.1, 0.15) is 12.8 Å². The Morgan fingerprint density at radius 1 is 1.45 bits per heavy atom. The van der Waals surface area contributed by atoms with E-state index in [9.17, 15) is 18.5 Å². The first kappa shape index (κ1) is 17.1. The molecule has 0 amide bonds. The van der Waals surface area contributed by atoms with E-state index in [0.717, 1.165) is 25.0 Å². The van der Waals surface area contributed by atoms with E-state index in [2.05, 4.69) is 0 Å². The first-order chi connectivity index (χ1) is 10.2. The van der Waals surface area contributed by atoms with E-state index in [1.165, 1.54) is 10.4 Å². The normalized spacial score (nSPS) is 19.7. The summed E-state index contributed by atoms with van der Waals surface area (Å²) in [5, 5.41) is 11.3. The number of nitro benzene ring substituents is 1. The molecule has 0 unspecified atom stereocenters. The van der Waals surface area contributed by atoms with Crippen molar-refractivity contribution in [1.82, 2.24) is 9.21 Å². The number of sulfonamides is 1. The third-order valence-electron chi connectivity index (χ3n) is 3.60. The molecule has 0 N–H and O–H groups in total. The minimum Gasteiger partial charge on any atom is -0.308 e. The highest BCUT2D eigenvalue weighted by atomic mass is 35.5. The minimum absolute atomic E-state index is 0.160. The highest BCUT2D eigenvalue weighted by molar-refractivity contribution is 7.89. The molecule has 0 aliphatic carbocycles. The van der Waals surface area contributed by atoms with Crippen LogP contribution in [0.25, 0.3) is 0 Å². The lowest BCUT2D eigenvalue weighted by Gasteiger charge is -2.26. The maximum absolute atomic E-state index is 12.8. The van der Waals surface area contributed by atoms with Gasteiger partial charge in [-0.05, 0) is 39.1 Å². The van der Waals surface area contributed by atoms with Crippen molar-refractivity contribution >= 4 is 27.3 Å². The van der Waals surface area contributed by atoms with Gasteiger partial charge in [0.05, 0.1) is 4.92 Å². The van der Waals surface area contributed by atoms with Crippen LogP contribution in [0, 0.1) is 10.1 Å². The van der Waals surface area contributed by atoms with Crippen LogP contribution in [0.5, 0.6) is 0 Å². The second kappa shape index (κ2) is 6.49. The highest BCUT2D eigenvalue weighted by Gasteiger charge is 2.39. The van der Waals surface area contributed by atoms with Gasteiger partial charge in [0, 0.05) is 30.2 Å². The number of hydrogen-bond donors (Lipinski definition) is 0. The third-order valence-corrected chi connectivity index (χ3v) is 5.82. The van der Waals surface area contributed by atoms with Crippen molar-refractivity contribution in [2.45, 2.75) is 23.8 Å². The van der Waals surface area contributed by atoms with Crippen molar-refractivity contribution in [3.8, 4) is 0 Å². The van der Waals surface area contributed by atoms with E-state index < -0.39 is 20.6 Å². The maximum Gasteiger partial charge on any atom is 0.289 e. The first-order valence-electron chi connectivity index (χ1n) is 6.84. The Morgan fingerprint density at radius 3 is 2.73 bits per heavy atom. The summed E-state index contributed by atoms with van der Waals surface area (Å²) in [6.45, 7) is 0.943. The molecule has 1 aromatic rings. The maximum atomic E-state index is 12.8. The predicted molar refractivity (Wildman–Crippen MR) is 83.6 cm³/mol. The van der Waals surface area contributed by atoms with Crippen molar-refractivity contribution in [3.63, 3.8) is 0 Å². The fourth-order valence-electron chi connectivity index (χ4n) is 2.70. The Hall–Kier alpha value is -1.22. The number of rotatable bonds is 5. The Kier molecular flexibility index (Phi) is 5.06. The molecule has 1 fully saturated rings. The zero-order valence-electron chi connectivity index (χ0n) is 12.4. The van der Waals surface area contributed by atoms with Gasteiger partial charge >= 0.3 is 0 Å². The SMILES string of the molecule is CN(C)C[C@@H]1CCCN1S(=O)(=O)c1cc(Cl)ccc1[N+](=O)[O-]. The largest absolute Gasteiger partial charge is 0.308 e. The standard InChI is InChI=1S/C13H18ClN3O4S/c1-15(2)9-11-4-3-7-16(11)22(20,21)13-8-10(14)5-6-12(13)17(18)19/h5-6,8,11H,3-4,7,9H2,1-2H3/t11-/m0/s1. The Labute approximate surface area is 134 Å². The molecule has 122 valence electrons. The zero-order valence-corrected chi connectivity index (χ0v) is 14.0. The number of likely N-dealkylation sites (N-methyl/N-ethyl adjacent to an activating group) is 1. The summed E-state index contributed by atoms with van der Waals surface area (Å²) in [4.78, 5) is 12.0. The van der Waals surface area contributed by atoms with Crippen LogP contribution >= 0.6 is 11.6 Å². The molecule has 1 aromatic carbocycles. The molecular formula is C13H18ClN3O4S. The molecule has 1 atom stereocenters. The van der Waals surface area contributed by atoms with Crippen molar-refractivity contribution < 1.29 is 13.3 Å². The predicted octanol–water partition coefficient (Wildman–Crippen LogP) is 1.96. The van der Waals surface area contributed by atoms with Crippen LogP contribution < -0.4 is 0 Å². The van der Waals surface area contributed by atoms with Crippen molar-refractivity contribution in [1.29, 1.82) is 0 Å². The number of benzene rings is 1. The molecule has 22 heavy (non-hydrogen) atoms. The lowest BCUT2D eigenvalue weighted by molar-refractivity contribution is -0.387. The van der Waals surface area contributed by atoms with E-state index in [-0.39, 0.29) is 16.0 Å². The van der Waals surface area contributed by atoms with E-state index in [1.807, 2.05) is 19.0 Å². The second-order valence-electron chi connectivity index (χ2n) is 5.54. The van der Waals surface area contributed by atoms with Gasteiger partial charge in [-0.15, -0.1) is 0 Å². The van der Waals surface area contributed by atoms with Crippen LogP contribution in [0.15, 0.2) is 23.1 Å². The lowest BCUT2D eigenvalue weighted by Crippen LogP contribution is -2.41. The monoisotopic (exact) mass is 347 g/mol. The van der Waals surface area contributed by atoms with E-state index in [0.29, 0.717) is 13.1 Å². The number of nitrogens with zero attached hydrogens (tertiary/aromatic N) is 3. The van der Waals surface area contributed by atoms with Crippen LogP contribution in [-0.4, -0.2) is 55.8 Å². The van der Waals surface area contributed by atoms with Crippen LogP contribution in [0.3, 0.4) is 0 Å².